The maximum absolute atomic E-state index is 12.2. The van der Waals surface area contributed by atoms with E-state index in [9.17, 15) is 4.79 Å². The third kappa shape index (κ3) is 2.00. The van der Waals surface area contributed by atoms with Gasteiger partial charge in [-0.25, -0.2) is 4.98 Å². The summed E-state index contributed by atoms with van der Waals surface area (Å²) in [4.78, 5) is 18.2. The molecule has 0 spiro atoms. The third-order valence-corrected chi connectivity index (χ3v) is 3.54. The first-order valence-electron chi connectivity index (χ1n) is 5.72. The van der Waals surface area contributed by atoms with Crippen molar-refractivity contribution in [3.8, 4) is 0 Å². The van der Waals surface area contributed by atoms with Crippen LogP contribution in [0.5, 0.6) is 0 Å². The lowest BCUT2D eigenvalue weighted by Gasteiger charge is -2.26. The van der Waals surface area contributed by atoms with Crippen molar-refractivity contribution in [1.29, 1.82) is 0 Å². The largest absolute Gasteiger partial charge is 0.339 e. The van der Waals surface area contributed by atoms with Crippen molar-refractivity contribution in [3.05, 3.63) is 17.8 Å². The molecule has 0 bridgehead atoms. The van der Waals surface area contributed by atoms with E-state index in [1.807, 2.05) is 4.90 Å². The normalized spacial score (nSPS) is 16.4. The van der Waals surface area contributed by atoms with Crippen molar-refractivity contribution < 1.29 is 4.79 Å². The molecular formula is C11H12N4OS. The van der Waals surface area contributed by atoms with Crippen LogP contribution in [-0.2, 0) is 0 Å². The van der Waals surface area contributed by atoms with Crippen LogP contribution in [-0.4, -0.2) is 37.6 Å². The van der Waals surface area contributed by atoms with Crippen molar-refractivity contribution >= 4 is 28.8 Å². The van der Waals surface area contributed by atoms with Gasteiger partial charge in [-0.15, -0.1) is 0 Å². The molecule has 2 aromatic rings. The zero-order valence-electron chi connectivity index (χ0n) is 9.30. The van der Waals surface area contributed by atoms with Gasteiger partial charge in [0.2, 0.25) is 0 Å². The van der Waals surface area contributed by atoms with E-state index in [1.165, 1.54) is 6.42 Å². The molecule has 5 nitrogen and oxygen atoms in total. The zero-order valence-corrected chi connectivity index (χ0v) is 10.1. The van der Waals surface area contributed by atoms with E-state index in [0.717, 1.165) is 37.7 Å². The van der Waals surface area contributed by atoms with E-state index in [-0.39, 0.29) is 5.91 Å². The van der Waals surface area contributed by atoms with Crippen LogP contribution in [0.25, 0.3) is 11.2 Å². The highest BCUT2D eigenvalue weighted by Crippen LogP contribution is 2.15. The molecule has 0 radical (unpaired) electrons. The number of rotatable bonds is 1. The number of nitrogens with zero attached hydrogens (tertiary/aromatic N) is 4. The van der Waals surface area contributed by atoms with Crippen molar-refractivity contribution in [1.82, 2.24) is 18.6 Å². The van der Waals surface area contributed by atoms with Crippen LogP contribution in [0.3, 0.4) is 0 Å². The second-order valence-corrected chi connectivity index (χ2v) is 4.71. The first kappa shape index (κ1) is 10.6. The number of pyridine rings is 1. The van der Waals surface area contributed by atoms with Gasteiger partial charge in [0, 0.05) is 19.3 Å². The predicted octanol–water partition coefficient (Wildman–Crippen LogP) is 1.71. The Labute approximate surface area is 103 Å². The number of likely N-dealkylation sites (tertiary alicyclic amines) is 1. The summed E-state index contributed by atoms with van der Waals surface area (Å²) in [6, 6.07) is 1.78. The molecule has 1 amide bonds. The molecule has 0 atom stereocenters. The second-order valence-electron chi connectivity index (χ2n) is 4.18. The summed E-state index contributed by atoms with van der Waals surface area (Å²) < 4.78 is 8.13. The minimum absolute atomic E-state index is 0.0621. The summed E-state index contributed by atoms with van der Waals surface area (Å²) in [7, 11) is 0. The predicted molar refractivity (Wildman–Crippen MR) is 65.0 cm³/mol. The summed E-state index contributed by atoms with van der Waals surface area (Å²) in [6.45, 7) is 1.71. The molecule has 0 saturated carbocycles. The van der Waals surface area contributed by atoms with E-state index in [0.29, 0.717) is 16.7 Å². The van der Waals surface area contributed by atoms with Crippen LogP contribution >= 0.6 is 11.7 Å². The molecule has 2 aromatic heterocycles. The van der Waals surface area contributed by atoms with E-state index >= 15 is 0 Å². The van der Waals surface area contributed by atoms with Crippen LogP contribution in [0.15, 0.2) is 12.3 Å². The van der Waals surface area contributed by atoms with Crippen molar-refractivity contribution in [3.63, 3.8) is 0 Å². The van der Waals surface area contributed by atoms with Crippen LogP contribution in [0.2, 0.25) is 0 Å². The average molecular weight is 248 g/mol. The highest BCUT2D eigenvalue weighted by atomic mass is 32.1. The van der Waals surface area contributed by atoms with E-state index < -0.39 is 0 Å². The molecule has 6 heteroatoms. The molecular weight excluding hydrogens is 236 g/mol. The minimum Gasteiger partial charge on any atom is -0.339 e. The molecule has 1 aliphatic heterocycles. The van der Waals surface area contributed by atoms with Gasteiger partial charge in [-0.3, -0.25) is 4.79 Å². The Balaban J connectivity index is 1.88. The molecule has 0 N–H and O–H groups in total. The number of amides is 1. The van der Waals surface area contributed by atoms with Crippen LogP contribution in [0.4, 0.5) is 0 Å². The van der Waals surface area contributed by atoms with Crippen molar-refractivity contribution in [2.75, 3.05) is 13.1 Å². The van der Waals surface area contributed by atoms with Gasteiger partial charge in [-0.05, 0) is 25.3 Å². The first-order chi connectivity index (χ1) is 8.34. The molecule has 1 aliphatic rings. The minimum atomic E-state index is 0.0621. The van der Waals surface area contributed by atoms with E-state index in [2.05, 4.69) is 13.7 Å². The lowest BCUT2D eigenvalue weighted by atomic mass is 10.1. The fourth-order valence-corrected chi connectivity index (χ4v) is 2.56. The molecule has 0 aliphatic carbocycles. The Morgan fingerprint density at radius 2 is 2.06 bits per heavy atom. The lowest BCUT2D eigenvalue weighted by Crippen LogP contribution is -2.35. The number of carbonyl (C=O) groups excluding carboxylic acids is 1. The van der Waals surface area contributed by atoms with E-state index in [1.54, 1.807) is 12.3 Å². The number of hydrogen-bond acceptors (Lipinski definition) is 5. The lowest BCUT2D eigenvalue weighted by molar-refractivity contribution is 0.0724. The average Bonchev–Trinajstić information content (AvgIpc) is 2.86. The number of aromatic nitrogens is 3. The fourth-order valence-electron chi connectivity index (χ4n) is 2.08. The smallest absolute Gasteiger partial charge is 0.255 e. The summed E-state index contributed by atoms with van der Waals surface area (Å²) in [5, 5.41) is 0. The van der Waals surface area contributed by atoms with Crippen molar-refractivity contribution in [2.24, 2.45) is 0 Å². The summed E-state index contributed by atoms with van der Waals surface area (Å²) in [5.41, 5.74) is 1.94. The maximum Gasteiger partial charge on any atom is 0.255 e. The molecule has 88 valence electrons. The van der Waals surface area contributed by atoms with Crippen LogP contribution in [0.1, 0.15) is 29.6 Å². The van der Waals surface area contributed by atoms with Crippen molar-refractivity contribution in [2.45, 2.75) is 19.3 Å². The van der Waals surface area contributed by atoms with Gasteiger partial charge in [-0.2, -0.15) is 8.75 Å². The summed E-state index contributed by atoms with van der Waals surface area (Å²) in [5.74, 6) is 0.0621. The zero-order chi connectivity index (χ0) is 11.7. The summed E-state index contributed by atoms with van der Waals surface area (Å²) >= 11 is 1.12. The SMILES string of the molecule is O=C(c1cnc2nsnc2c1)N1CCCCC1. The van der Waals surface area contributed by atoms with Gasteiger partial charge in [-0.1, -0.05) is 0 Å². The number of carbonyl (C=O) groups is 1. The monoisotopic (exact) mass is 248 g/mol. The van der Waals surface area contributed by atoms with Gasteiger partial charge < -0.3 is 4.90 Å². The number of fused-ring (bicyclic) bond motifs is 1. The Kier molecular flexibility index (Phi) is 2.72. The number of piperidine rings is 1. The van der Waals surface area contributed by atoms with E-state index in [4.69, 9.17) is 0 Å². The van der Waals surface area contributed by atoms with Gasteiger partial charge in [0.05, 0.1) is 17.3 Å². The van der Waals surface area contributed by atoms with Gasteiger partial charge in [0.15, 0.2) is 5.65 Å². The molecule has 0 aromatic carbocycles. The van der Waals surface area contributed by atoms with Crippen LogP contribution < -0.4 is 0 Å². The Bertz CT molecular complexity index is 547. The highest BCUT2D eigenvalue weighted by Gasteiger charge is 2.19. The Morgan fingerprint density at radius 3 is 2.88 bits per heavy atom. The number of hydrogen-bond donors (Lipinski definition) is 0. The Hall–Kier alpha value is -1.56. The topological polar surface area (TPSA) is 59.0 Å². The highest BCUT2D eigenvalue weighted by molar-refractivity contribution is 7.00. The molecule has 1 fully saturated rings. The molecule has 17 heavy (non-hydrogen) atoms. The molecule has 3 heterocycles. The standard InChI is InChI=1S/C11H12N4OS/c16-11(15-4-2-1-3-5-15)8-6-9-10(12-7-8)14-17-13-9/h6-7H,1-5H2. The maximum atomic E-state index is 12.2. The molecule has 3 rings (SSSR count). The van der Waals surface area contributed by atoms with Gasteiger partial charge in [0.1, 0.15) is 5.52 Å². The Morgan fingerprint density at radius 1 is 1.24 bits per heavy atom. The molecule has 0 unspecified atom stereocenters. The van der Waals surface area contributed by atoms with Gasteiger partial charge in [0.25, 0.3) is 5.91 Å². The quantitative estimate of drug-likeness (QED) is 0.771. The molecule has 1 saturated heterocycles. The summed E-state index contributed by atoms with van der Waals surface area (Å²) in [6.07, 6.45) is 5.01. The second kappa shape index (κ2) is 4.37. The third-order valence-electron chi connectivity index (χ3n) is 3.00. The first-order valence-corrected chi connectivity index (χ1v) is 6.45. The van der Waals surface area contributed by atoms with Gasteiger partial charge >= 0.3 is 0 Å². The van der Waals surface area contributed by atoms with Crippen LogP contribution in [0, 0.1) is 0 Å². The fraction of sp³-hybridized carbons (Fsp3) is 0.455.